The lowest BCUT2D eigenvalue weighted by molar-refractivity contribution is -0.117. The van der Waals surface area contributed by atoms with Crippen molar-refractivity contribution in [3.63, 3.8) is 0 Å². The number of nitrogens with zero attached hydrogens (tertiary/aromatic N) is 1. The Bertz CT molecular complexity index is 1010. The summed E-state index contributed by atoms with van der Waals surface area (Å²) in [6.07, 6.45) is 2.37. The first-order valence-electron chi connectivity index (χ1n) is 9.01. The summed E-state index contributed by atoms with van der Waals surface area (Å²) < 4.78 is 40.8. The summed E-state index contributed by atoms with van der Waals surface area (Å²) in [5, 5.41) is 12.3. The first-order valence-corrected chi connectivity index (χ1v) is 9.01. The highest BCUT2D eigenvalue weighted by molar-refractivity contribution is 6.01. The van der Waals surface area contributed by atoms with Crippen LogP contribution in [0.4, 0.5) is 13.2 Å². The van der Waals surface area contributed by atoms with Crippen LogP contribution >= 0.6 is 0 Å². The van der Waals surface area contributed by atoms with Crippen LogP contribution in [0.1, 0.15) is 42.9 Å². The smallest absolute Gasteiger partial charge is 0.247 e. The molecule has 2 aromatic carbocycles. The molecule has 1 aliphatic heterocycles. The van der Waals surface area contributed by atoms with Crippen LogP contribution < -0.4 is 5.32 Å². The predicted octanol–water partition coefficient (Wildman–Crippen LogP) is 5.02. The maximum Gasteiger partial charge on any atom is 0.247 e. The number of rotatable bonds is 2. The van der Waals surface area contributed by atoms with E-state index in [-0.39, 0.29) is 17.0 Å². The highest BCUT2D eigenvalue weighted by Gasteiger charge is 2.20. The third-order valence-corrected chi connectivity index (χ3v) is 5.10. The minimum Gasteiger partial charge on any atom is -0.352 e. The van der Waals surface area contributed by atoms with Gasteiger partial charge in [-0.05, 0) is 85.2 Å². The number of hydrogen-bond acceptors (Lipinski definition) is 2. The van der Waals surface area contributed by atoms with E-state index in [4.69, 9.17) is 0 Å². The van der Waals surface area contributed by atoms with Gasteiger partial charge < -0.3 is 5.32 Å². The van der Waals surface area contributed by atoms with Crippen molar-refractivity contribution in [1.29, 1.82) is 5.26 Å². The molecule has 1 heterocycles. The molecule has 6 heteroatoms. The quantitative estimate of drug-likeness (QED) is 0.584. The van der Waals surface area contributed by atoms with Crippen LogP contribution in [0.25, 0.3) is 16.7 Å². The Morgan fingerprint density at radius 3 is 2.43 bits per heavy atom. The average molecular weight is 384 g/mol. The highest BCUT2D eigenvalue weighted by atomic mass is 19.2. The van der Waals surface area contributed by atoms with Crippen LogP contribution in [0, 0.1) is 35.7 Å². The van der Waals surface area contributed by atoms with Gasteiger partial charge in [0, 0.05) is 12.1 Å². The monoisotopic (exact) mass is 384 g/mol. The molecule has 0 saturated carbocycles. The number of benzene rings is 2. The van der Waals surface area contributed by atoms with Crippen molar-refractivity contribution in [1.82, 2.24) is 5.32 Å². The van der Waals surface area contributed by atoms with Gasteiger partial charge in [0.2, 0.25) is 5.91 Å². The summed E-state index contributed by atoms with van der Waals surface area (Å²) >= 11 is 0. The van der Waals surface area contributed by atoms with Crippen molar-refractivity contribution >= 4 is 11.5 Å². The molecular formula is C22H19F3N2O. The Balaban J connectivity index is 2.23. The van der Waals surface area contributed by atoms with Crippen molar-refractivity contribution in [2.45, 2.75) is 33.1 Å². The van der Waals surface area contributed by atoms with Crippen molar-refractivity contribution in [3.05, 3.63) is 64.0 Å². The van der Waals surface area contributed by atoms with Gasteiger partial charge in [0.25, 0.3) is 0 Å². The third-order valence-electron chi connectivity index (χ3n) is 5.10. The fourth-order valence-electron chi connectivity index (χ4n) is 3.55. The standard InChI is InChI=1S/C22H19F3N2O/c1-12(16-5-3-4-6-27-22(16)28)17-7-14(11-26)8-18(13(17)2)15-9-19(23)21(25)20(24)10-15/h7-10H,3-6H2,1-2H3,(H,27,28)/b16-12+. The molecule has 0 aliphatic carbocycles. The van der Waals surface area contributed by atoms with Gasteiger partial charge in [-0.1, -0.05) is 0 Å². The molecule has 0 aromatic heterocycles. The lowest BCUT2D eigenvalue weighted by atomic mass is 9.88. The Morgan fingerprint density at radius 2 is 1.79 bits per heavy atom. The number of allylic oxidation sites excluding steroid dienone is 1. The molecule has 0 atom stereocenters. The normalized spacial score (nSPS) is 16.2. The molecule has 3 rings (SSSR count). The van der Waals surface area contributed by atoms with Gasteiger partial charge in [0.05, 0.1) is 11.6 Å². The van der Waals surface area contributed by atoms with Gasteiger partial charge in [-0.25, -0.2) is 13.2 Å². The van der Waals surface area contributed by atoms with E-state index in [2.05, 4.69) is 5.32 Å². The van der Waals surface area contributed by atoms with Gasteiger partial charge in [-0.2, -0.15) is 5.26 Å². The Kier molecular flexibility index (Phi) is 5.55. The zero-order valence-corrected chi connectivity index (χ0v) is 15.6. The van der Waals surface area contributed by atoms with Crippen LogP contribution in [-0.2, 0) is 4.79 Å². The molecule has 2 aromatic rings. The molecule has 0 unspecified atom stereocenters. The molecule has 1 aliphatic rings. The zero-order chi connectivity index (χ0) is 20.4. The lowest BCUT2D eigenvalue weighted by Crippen LogP contribution is -2.24. The summed E-state index contributed by atoms with van der Waals surface area (Å²) in [6.45, 7) is 4.18. The Labute approximate surface area is 161 Å². The van der Waals surface area contributed by atoms with Crippen LogP contribution in [0.2, 0.25) is 0 Å². The van der Waals surface area contributed by atoms with Crippen molar-refractivity contribution < 1.29 is 18.0 Å². The van der Waals surface area contributed by atoms with E-state index >= 15 is 0 Å². The molecule has 3 nitrogen and oxygen atoms in total. The van der Waals surface area contributed by atoms with E-state index in [1.165, 1.54) is 6.07 Å². The number of hydrogen-bond donors (Lipinski definition) is 1. The number of halogens is 3. The van der Waals surface area contributed by atoms with Crippen LogP contribution in [-0.4, -0.2) is 12.5 Å². The van der Waals surface area contributed by atoms with Gasteiger partial charge in [-0.15, -0.1) is 0 Å². The van der Waals surface area contributed by atoms with Gasteiger partial charge in [-0.3, -0.25) is 4.79 Å². The number of carbonyl (C=O) groups excluding carboxylic acids is 1. The Hall–Kier alpha value is -3.07. The first kappa shape index (κ1) is 19.7. The SMILES string of the molecule is C/C(=C1/CCCCNC1=O)c1cc(C#N)cc(-c2cc(F)c(F)c(F)c2)c1C. The molecule has 1 N–H and O–H groups in total. The van der Waals surface area contributed by atoms with Crippen molar-refractivity contribution in [2.24, 2.45) is 0 Å². The minimum absolute atomic E-state index is 0.135. The van der Waals surface area contributed by atoms with E-state index < -0.39 is 17.5 Å². The Morgan fingerprint density at radius 1 is 1.11 bits per heavy atom. The second kappa shape index (κ2) is 7.89. The third kappa shape index (κ3) is 3.65. The van der Waals surface area contributed by atoms with Crippen molar-refractivity contribution in [3.8, 4) is 17.2 Å². The molecular weight excluding hydrogens is 365 g/mol. The number of nitrogens with one attached hydrogen (secondary N) is 1. The van der Waals surface area contributed by atoms with E-state index in [1.807, 2.05) is 6.07 Å². The molecule has 1 saturated heterocycles. The summed E-state index contributed by atoms with van der Waals surface area (Å²) in [6, 6.07) is 7.03. The molecule has 0 radical (unpaired) electrons. The van der Waals surface area contributed by atoms with Crippen LogP contribution in [0.5, 0.6) is 0 Å². The maximum atomic E-state index is 13.7. The molecule has 144 valence electrons. The lowest BCUT2D eigenvalue weighted by Gasteiger charge is -2.16. The molecule has 1 fully saturated rings. The molecule has 0 bridgehead atoms. The largest absolute Gasteiger partial charge is 0.352 e. The molecule has 1 amide bonds. The average Bonchev–Trinajstić information content (AvgIpc) is 2.89. The van der Waals surface area contributed by atoms with Crippen LogP contribution in [0.3, 0.4) is 0 Å². The number of amides is 1. The summed E-state index contributed by atoms with van der Waals surface area (Å²) in [5.74, 6) is -4.27. The zero-order valence-electron chi connectivity index (χ0n) is 15.6. The number of nitriles is 1. The highest BCUT2D eigenvalue weighted by Crippen LogP contribution is 2.34. The fraction of sp³-hybridized carbons (Fsp3) is 0.273. The van der Waals surface area contributed by atoms with E-state index in [0.29, 0.717) is 35.2 Å². The maximum absolute atomic E-state index is 13.7. The van der Waals surface area contributed by atoms with Crippen molar-refractivity contribution in [2.75, 3.05) is 6.54 Å². The van der Waals surface area contributed by atoms with E-state index in [9.17, 15) is 23.2 Å². The summed E-state index contributed by atoms with van der Waals surface area (Å²) in [5.41, 5.74) is 3.51. The van der Waals surface area contributed by atoms with Gasteiger partial charge in [0.15, 0.2) is 17.5 Å². The van der Waals surface area contributed by atoms with Gasteiger partial charge in [0.1, 0.15) is 0 Å². The summed E-state index contributed by atoms with van der Waals surface area (Å²) in [4.78, 5) is 12.4. The van der Waals surface area contributed by atoms with E-state index in [0.717, 1.165) is 30.5 Å². The second-order valence-corrected chi connectivity index (χ2v) is 6.88. The molecule has 28 heavy (non-hydrogen) atoms. The second-order valence-electron chi connectivity index (χ2n) is 6.88. The van der Waals surface area contributed by atoms with E-state index in [1.54, 1.807) is 19.9 Å². The number of carbonyl (C=O) groups is 1. The predicted molar refractivity (Wildman–Crippen MR) is 101 cm³/mol. The summed E-state index contributed by atoms with van der Waals surface area (Å²) in [7, 11) is 0. The molecule has 0 spiro atoms. The fourth-order valence-corrected chi connectivity index (χ4v) is 3.55. The topological polar surface area (TPSA) is 52.9 Å². The van der Waals surface area contributed by atoms with Crippen LogP contribution in [0.15, 0.2) is 29.8 Å². The minimum atomic E-state index is -1.54. The van der Waals surface area contributed by atoms with Gasteiger partial charge >= 0.3 is 0 Å². The first-order chi connectivity index (χ1) is 13.3.